The lowest BCUT2D eigenvalue weighted by Crippen LogP contribution is -2.13. The number of halogens is 1. The standard InChI is InChI=1S/C18H19BrN2O4/c1-11(2)10-25-17-7-4-13(9-15(17)19)18(22)20-16-6-5-14(21(23)24)8-12(16)3/h4-9,11H,10H2,1-3H3,(H,20,22). The smallest absolute Gasteiger partial charge is 0.269 e. The minimum Gasteiger partial charge on any atom is -0.492 e. The summed E-state index contributed by atoms with van der Waals surface area (Å²) < 4.78 is 6.36. The van der Waals surface area contributed by atoms with Crippen LogP contribution in [0.2, 0.25) is 0 Å². The molecule has 0 saturated heterocycles. The van der Waals surface area contributed by atoms with Gasteiger partial charge in [0.2, 0.25) is 0 Å². The number of hydrogen-bond donors (Lipinski definition) is 1. The first-order chi connectivity index (χ1) is 11.8. The Labute approximate surface area is 154 Å². The average Bonchev–Trinajstić information content (AvgIpc) is 2.55. The molecule has 0 aliphatic heterocycles. The van der Waals surface area contributed by atoms with Crippen molar-refractivity contribution in [3.05, 3.63) is 62.1 Å². The number of amides is 1. The summed E-state index contributed by atoms with van der Waals surface area (Å²) in [5.74, 6) is 0.782. The van der Waals surface area contributed by atoms with Gasteiger partial charge in [-0.15, -0.1) is 0 Å². The Hall–Kier alpha value is -2.41. The van der Waals surface area contributed by atoms with Crippen molar-refractivity contribution >= 4 is 33.2 Å². The number of rotatable bonds is 6. The van der Waals surface area contributed by atoms with E-state index in [1.54, 1.807) is 25.1 Å². The number of benzene rings is 2. The fraction of sp³-hybridized carbons (Fsp3) is 0.278. The summed E-state index contributed by atoms with van der Waals surface area (Å²) in [5, 5.41) is 13.5. The van der Waals surface area contributed by atoms with Gasteiger partial charge >= 0.3 is 0 Å². The largest absolute Gasteiger partial charge is 0.492 e. The highest BCUT2D eigenvalue weighted by molar-refractivity contribution is 9.10. The van der Waals surface area contributed by atoms with Gasteiger partial charge in [0.25, 0.3) is 11.6 Å². The van der Waals surface area contributed by atoms with Gasteiger partial charge in [-0.1, -0.05) is 13.8 Å². The van der Waals surface area contributed by atoms with Crippen LogP contribution in [0.3, 0.4) is 0 Å². The van der Waals surface area contributed by atoms with Crippen molar-refractivity contribution in [2.24, 2.45) is 5.92 Å². The SMILES string of the molecule is Cc1cc([N+](=O)[O-])ccc1NC(=O)c1ccc(OCC(C)C)c(Br)c1. The highest BCUT2D eigenvalue weighted by Crippen LogP contribution is 2.27. The number of nitrogens with zero attached hydrogens (tertiary/aromatic N) is 1. The highest BCUT2D eigenvalue weighted by Gasteiger charge is 2.13. The van der Waals surface area contributed by atoms with Crippen molar-refractivity contribution in [3.63, 3.8) is 0 Å². The normalized spacial score (nSPS) is 10.6. The fourth-order valence-corrected chi connectivity index (χ4v) is 2.60. The lowest BCUT2D eigenvalue weighted by molar-refractivity contribution is -0.384. The molecular formula is C18H19BrN2O4. The second-order valence-corrected chi connectivity index (χ2v) is 6.91. The minimum absolute atomic E-state index is 0.00935. The molecule has 0 bridgehead atoms. The van der Waals surface area contributed by atoms with E-state index < -0.39 is 4.92 Å². The molecule has 7 heteroatoms. The predicted molar refractivity (Wildman–Crippen MR) is 100 cm³/mol. The van der Waals surface area contributed by atoms with E-state index in [2.05, 4.69) is 35.1 Å². The highest BCUT2D eigenvalue weighted by atomic mass is 79.9. The molecule has 1 amide bonds. The summed E-state index contributed by atoms with van der Waals surface area (Å²) in [7, 11) is 0. The molecule has 25 heavy (non-hydrogen) atoms. The monoisotopic (exact) mass is 406 g/mol. The van der Waals surface area contributed by atoms with Crippen molar-refractivity contribution in [2.45, 2.75) is 20.8 Å². The van der Waals surface area contributed by atoms with Gasteiger partial charge in [-0.3, -0.25) is 14.9 Å². The van der Waals surface area contributed by atoms with Crippen LogP contribution < -0.4 is 10.1 Å². The van der Waals surface area contributed by atoms with Crippen molar-refractivity contribution < 1.29 is 14.5 Å². The number of carbonyl (C=O) groups is 1. The Morgan fingerprint density at radius 3 is 2.56 bits per heavy atom. The number of nitrogens with one attached hydrogen (secondary N) is 1. The van der Waals surface area contributed by atoms with Crippen LogP contribution in [0, 0.1) is 23.0 Å². The molecule has 0 heterocycles. The maximum atomic E-state index is 12.4. The minimum atomic E-state index is -0.467. The van der Waals surface area contributed by atoms with Crippen LogP contribution in [-0.4, -0.2) is 17.4 Å². The molecule has 0 unspecified atom stereocenters. The van der Waals surface area contributed by atoms with Gasteiger partial charge in [-0.25, -0.2) is 0 Å². The van der Waals surface area contributed by atoms with E-state index in [0.29, 0.717) is 39.6 Å². The number of hydrogen-bond acceptors (Lipinski definition) is 4. The molecule has 0 radical (unpaired) electrons. The van der Waals surface area contributed by atoms with Gasteiger partial charge < -0.3 is 10.1 Å². The number of nitro groups is 1. The summed E-state index contributed by atoms with van der Waals surface area (Å²) in [4.78, 5) is 22.7. The van der Waals surface area contributed by atoms with Crippen LogP contribution in [0.15, 0.2) is 40.9 Å². The molecular weight excluding hydrogens is 388 g/mol. The molecule has 2 aromatic carbocycles. The second-order valence-electron chi connectivity index (χ2n) is 6.06. The third-order valence-corrected chi connectivity index (χ3v) is 4.05. The van der Waals surface area contributed by atoms with Crippen molar-refractivity contribution in [3.8, 4) is 5.75 Å². The number of anilines is 1. The number of carbonyl (C=O) groups excluding carboxylic acids is 1. The first kappa shape index (κ1) is 18.9. The summed E-state index contributed by atoms with van der Waals surface area (Å²) in [6, 6.07) is 9.42. The van der Waals surface area contributed by atoms with E-state index in [1.165, 1.54) is 18.2 Å². The first-order valence-electron chi connectivity index (χ1n) is 7.76. The van der Waals surface area contributed by atoms with Crippen LogP contribution in [0.5, 0.6) is 5.75 Å². The van der Waals surface area contributed by atoms with Gasteiger partial charge in [0.15, 0.2) is 0 Å². The van der Waals surface area contributed by atoms with Gasteiger partial charge in [-0.2, -0.15) is 0 Å². The van der Waals surface area contributed by atoms with Gasteiger partial charge in [0.1, 0.15) is 5.75 Å². The zero-order chi connectivity index (χ0) is 18.6. The van der Waals surface area contributed by atoms with E-state index in [4.69, 9.17) is 4.74 Å². The van der Waals surface area contributed by atoms with Crippen LogP contribution in [0.4, 0.5) is 11.4 Å². The summed E-state index contributed by atoms with van der Waals surface area (Å²) in [6.07, 6.45) is 0. The molecule has 0 atom stereocenters. The van der Waals surface area contributed by atoms with Gasteiger partial charge in [0, 0.05) is 23.4 Å². The molecule has 2 rings (SSSR count). The third kappa shape index (κ3) is 5.03. The number of ether oxygens (including phenoxy) is 1. The number of aryl methyl sites for hydroxylation is 1. The second kappa shape index (κ2) is 8.11. The maximum Gasteiger partial charge on any atom is 0.269 e. The third-order valence-electron chi connectivity index (χ3n) is 3.44. The lowest BCUT2D eigenvalue weighted by atomic mass is 10.1. The molecule has 1 N–H and O–H groups in total. The Morgan fingerprint density at radius 2 is 2.00 bits per heavy atom. The number of nitro benzene ring substituents is 1. The molecule has 2 aromatic rings. The quantitative estimate of drug-likeness (QED) is 0.543. The van der Waals surface area contributed by atoms with Crippen molar-refractivity contribution in [1.82, 2.24) is 0 Å². The van der Waals surface area contributed by atoms with Crippen LogP contribution in [0.25, 0.3) is 0 Å². The molecule has 0 fully saturated rings. The maximum absolute atomic E-state index is 12.4. The Kier molecular flexibility index (Phi) is 6.14. The van der Waals surface area contributed by atoms with E-state index in [9.17, 15) is 14.9 Å². The molecule has 6 nitrogen and oxygen atoms in total. The average molecular weight is 407 g/mol. The van der Waals surface area contributed by atoms with Crippen molar-refractivity contribution in [2.75, 3.05) is 11.9 Å². The Morgan fingerprint density at radius 1 is 1.28 bits per heavy atom. The summed E-state index contributed by atoms with van der Waals surface area (Å²) >= 11 is 3.41. The van der Waals surface area contributed by atoms with Crippen LogP contribution >= 0.6 is 15.9 Å². The van der Waals surface area contributed by atoms with Gasteiger partial charge in [0.05, 0.1) is 16.0 Å². The van der Waals surface area contributed by atoms with Crippen LogP contribution in [-0.2, 0) is 0 Å². The Bertz CT molecular complexity index is 806. The van der Waals surface area contributed by atoms with E-state index in [-0.39, 0.29) is 11.6 Å². The lowest BCUT2D eigenvalue weighted by Gasteiger charge is -2.12. The zero-order valence-corrected chi connectivity index (χ0v) is 15.8. The summed E-state index contributed by atoms with van der Waals surface area (Å²) in [6.45, 7) is 6.41. The van der Waals surface area contributed by atoms with E-state index in [0.717, 1.165) is 0 Å². The Balaban J connectivity index is 2.13. The molecule has 0 aliphatic carbocycles. The van der Waals surface area contributed by atoms with Crippen LogP contribution in [0.1, 0.15) is 29.8 Å². The summed E-state index contributed by atoms with van der Waals surface area (Å²) in [5.41, 5.74) is 1.61. The van der Waals surface area contributed by atoms with Crippen molar-refractivity contribution in [1.29, 1.82) is 0 Å². The topological polar surface area (TPSA) is 81.5 Å². The predicted octanol–water partition coefficient (Wildman–Crippen LogP) is 4.95. The molecule has 0 spiro atoms. The first-order valence-corrected chi connectivity index (χ1v) is 8.56. The van der Waals surface area contributed by atoms with E-state index in [1.807, 2.05) is 0 Å². The molecule has 0 aromatic heterocycles. The zero-order valence-electron chi connectivity index (χ0n) is 14.2. The number of non-ortho nitro benzene ring substituents is 1. The van der Waals surface area contributed by atoms with E-state index >= 15 is 0 Å². The molecule has 0 aliphatic rings. The van der Waals surface area contributed by atoms with Gasteiger partial charge in [-0.05, 0) is 58.6 Å². The molecule has 0 saturated carbocycles. The molecule has 132 valence electrons. The fourth-order valence-electron chi connectivity index (χ4n) is 2.11.